The highest BCUT2D eigenvalue weighted by atomic mass is 19.4. The summed E-state index contributed by atoms with van der Waals surface area (Å²) in [6.45, 7) is 3.28. The lowest BCUT2D eigenvalue weighted by Crippen LogP contribution is -2.51. The van der Waals surface area contributed by atoms with Gasteiger partial charge in [0.2, 0.25) is 0 Å². The van der Waals surface area contributed by atoms with Crippen molar-refractivity contribution in [1.82, 2.24) is 0 Å². The molecular weight excluding hydrogens is 524 g/mol. The van der Waals surface area contributed by atoms with Crippen molar-refractivity contribution < 1.29 is 40.6 Å². The van der Waals surface area contributed by atoms with Crippen molar-refractivity contribution in [3.05, 3.63) is 94.5 Å². The van der Waals surface area contributed by atoms with Crippen LogP contribution in [0.4, 0.5) is 32.0 Å². The van der Waals surface area contributed by atoms with Crippen LogP contribution in [0.1, 0.15) is 47.8 Å². The number of anilines is 1. The van der Waals surface area contributed by atoms with E-state index in [0.29, 0.717) is 36.5 Å². The second-order valence-corrected chi connectivity index (χ2v) is 9.88. The zero-order valence-corrected chi connectivity index (χ0v) is 21.6. The highest BCUT2D eigenvalue weighted by molar-refractivity contribution is 5.53. The molecule has 1 heterocycles. The summed E-state index contributed by atoms with van der Waals surface area (Å²) in [4.78, 5) is 0. The Morgan fingerprint density at radius 3 is 2.05 bits per heavy atom. The predicted molar refractivity (Wildman–Crippen MR) is 135 cm³/mol. The molecule has 0 amide bonds. The highest BCUT2D eigenvalue weighted by Crippen LogP contribution is 2.45. The Morgan fingerprint density at radius 2 is 1.46 bits per heavy atom. The zero-order chi connectivity index (χ0) is 28.4. The lowest BCUT2D eigenvalue weighted by atomic mass is 9.87. The SMILES string of the molecule is CNc1ccc2c(c1)C(OCCc1ccccc1)C(OCc1cc(C(F)(F)F)cc(C(F)(F)F)c1)C(C)(C)O2. The second-order valence-electron chi connectivity index (χ2n) is 9.88. The van der Waals surface area contributed by atoms with Crippen molar-refractivity contribution >= 4 is 5.69 Å². The van der Waals surface area contributed by atoms with Crippen LogP contribution in [0.2, 0.25) is 0 Å². The van der Waals surface area contributed by atoms with Gasteiger partial charge in [-0.2, -0.15) is 26.3 Å². The highest BCUT2D eigenvalue weighted by Gasteiger charge is 2.46. The molecule has 0 aromatic heterocycles. The Balaban J connectivity index is 1.64. The fourth-order valence-corrected chi connectivity index (χ4v) is 4.59. The van der Waals surface area contributed by atoms with Crippen molar-refractivity contribution in [2.24, 2.45) is 0 Å². The monoisotopic (exact) mass is 553 g/mol. The summed E-state index contributed by atoms with van der Waals surface area (Å²) >= 11 is 0. The van der Waals surface area contributed by atoms with Crippen molar-refractivity contribution in [2.75, 3.05) is 19.0 Å². The fourth-order valence-electron chi connectivity index (χ4n) is 4.59. The molecule has 0 fully saturated rings. The lowest BCUT2D eigenvalue weighted by Gasteiger charge is -2.44. The van der Waals surface area contributed by atoms with E-state index in [2.05, 4.69) is 5.32 Å². The number of hydrogen-bond donors (Lipinski definition) is 1. The van der Waals surface area contributed by atoms with E-state index in [0.717, 1.165) is 11.3 Å². The smallest absolute Gasteiger partial charge is 0.416 e. The van der Waals surface area contributed by atoms with Crippen LogP contribution >= 0.6 is 0 Å². The van der Waals surface area contributed by atoms with Gasteiger partial charge in [-0.25, -0.2) is 0 Å². The van der Waals surface area contributed by atoms with Gasteiger partial charge in [-0.1, -0.05) is 30.3 Å². The average molecular weight is 554 g/mol. The number of ether oxygens (including phenoxy) is 3. The third-order valence-electron chi connectivity index (χ3n) is 6.55. The molecule has 4 rings (SSSR count). The number of hydrogen-bond acceptors (Lipinski definition) is 4. The molecule has 0 saturated carbocycles. The molecule has 210 valence electrons. The normalized spacial score (nSPS) is 18.8. The fraction of sp³-hybridized carbons (Fsp3) is 0.379. The lowest BCUT2D eigenvalue weighted by molar-refractivity contribution is -0.167. The number of alkyl halides is 6. The summed E-state index contributed by atoms with van der Waals surface area (Å²) in [6.07, 6.45) is -10.9. The number of rotatable bonds is 8. The molecule has 3 aromatic carbocycles. The minimum Gasteiger partial charge on any atom is -0.485 e. The summed E-state index contributed by atoms with van der Waals surface area (Å²) in [5, 5.41) is 3.05. The first-order valence-corrected chi connectivity index (χ1v) is 12.3. The van der Waals surface area contributed by atoms with Crippen molar-refractivity contribution in [3.63, 3.8) is 0 Å². The maximum absolute atomic E-state index is 13.4. The van der Waals surface area contributed by atoms with Crippen LogP contribution in [-0.4, -0.2) is 25.4 Å². The topological polar surface area (TPSA) is 39.7 Å². The summed E-state index contributed by atoms with van der Waals surface area (Å²) < 4.78 is 98.8. The molecular formula is C29H29F6NO3. The molecule has 0 radical (unpaired) electrons. The minimum atomic E-state index is -4.95. The molecule has 39 heavy (non-hydrogen) atoms. The van der Waals surface area contributed by atoms with Gasteiger partial charge in [0, 0.05) is 18.3 Å². The molecule has 0 spiro atoms. The first kappa shape index (κ1) is 28.8. The van der Waals surface area contributed by atoms with Crippen LogP contribution in [-0.2, 0) is 34.9 Å². The van der Waals surface area contributed by atoms with Crippen LogP contribution in [0.25, 0.3) is 0 Å². The molecule has 1 aliphatic rings. The molecule has 0 saturated heterocycles. The van der Waals surface area contributed by atoms with E-state index in [1.54, 1.807) is 27.0 Å². The molecule has 2 unspecified atom stereocenters. The molecule has 1 N–H and O–H groups in total. The Hall–Kier alpha value is -3.24. The molecule has 0 bridgehead atoms. The van der Waals surface area contributed by atoms with Gasteiger partial charge in [0.25, 0.3) is 0 Å². The first-order valence-electron chi connectivity index (χ1n) is 12.3. The van der Waals surface area contributed by atoms with Gasteiger partial charge in [0.1, 0.15) is 23.6 Å². The Bertz CT molecular complexity index is 1240. The number of fused-ring (bicyclic) bond motifs is 1. The predicted octanol–water partition coefficient (Wildman–Crippen LogP) is 7.82. The largest absolute Gasteiger partial charge is 0.485 e. The summed E-state index contributed by atoms with van der Waals surface area (Å²) in [5.74, 6) is 0.557. The van der Waals surface area contributed by atoms with Gasteiger partial charge in [0.15, 0.2) is 0 Å². The first-order chi connectivity index (χ1) is 18.3. The van der Waals surface area contributed by atoms with E-state index in [4.69, 9.17) is 14.2 Å². The van der Waals surface area contributed by atoms with E-state index in [1.807, 2.05) is 42.5 Å². The Morgan fingerprint density at radius 1 is 0.821 bits per heavy atom. The third kappa shape index (κ3) is 6.86. The second kappa shape index (κ2) is 11.1. The molecule has 4 nitrogen and oxygen atoms in total. The number of benzene rings is 3. The van der Waals surface area contributed by atoms with Crippen LogP contribution in [0, 0.1) is 0 Å². The van der Waals surface area contributed by atoms with Crippen molar-refractivity contribution in [2.45, 2.75) is 57.0 Å². The zero-order valence-electron chi connectivity index (χ0n) is 21.6. The molecule has 1 aliphatic heterocycles. The van der Waals surface area contributed by atoms with E-state index in [9.17, 15) is 26.3 Å². The number of halogens is 6. The van der Waals surface area contributed by atoms with Crippen LogP contribution in [0.3, 0.4) is 0 Å². The van der Waals surface area contributed by atoms with Gasteiger partial charge in [0.05, 0.1) is 24.3 Å². The van der Waals surface area contributed by atoms with E-state index in [1.165, 1.54) is 0 Å². The Kier molecular flexibility index (Phi) is 8.18. The van der Waals surface area contributed by atoms with Gasteiger partial charge >= 0.3 is 12.4 Å². The molecule has 3 aromatic rings. The molecule has 10 heteroatoms. The summed E-state index contributed by atoms with van der Waals surface area (Å²) in [6, 6.07) is 16.6. The van der Waals surface area contributed by atoms with Crippen LogP contribution in [0.5, 0.6) is 5.75 Å². The van der Waals surface area contributed by atoms with Crippen molar-refractivity contribution in [3.8, 4) is 5.75 Å². The standard InChI is InChI=1S/C29H29F6NO3/c1-27(2)26(38-17-19-13-20(28(30,31)32)15-21(14-19)29(33,34)35)25(37-12-11-18-7-5-4-6-8-18)23-16-22(36-3)9-10-24(23)39-27/h4-10,13-16,25-26,36H,11-12,17H2,1-3H3. The summed E-state index contributed by atoms with van der Waals surface area (Å²) in [7, 11) is 1.75. The minimum absolute atomic E-state index is 0.0994. The van der Waals surface area contributed by atoms with Crippen molar-refractivity contribution in [1.29, 1.82) is 0 Å². The Labute approximate surface area is 222 Å². The maximum Gasteiger partial charge on any atom is 0.416 e. The number of nitrogens with one attached hydrogen (secondary N) is 1. The van der Waals surface area contributed by atoms with Crippen LogP contribution in [0.15, 0.2) is 66.7 Å². The molecule has 0 aliphatic carbocycles. The summed E-state index contributed by atoms with van der Waals surface area (Å²) in [5.41, 5.74) is -1.57. The maximum atomic E-state index is 13.4. The van der Waals surface area contributed by atoms with Gasteiger partial charge in [-0.3, -0.25) is 0 Å². The van der Waals surface area contributed by atoms with Crippen LogP contribution < -0.4 is 10.1 Å². The van der Waals surface area contributed by atoms with E-state index >= 15 is 0 Å². The van der Waals surface area contributed by atoms with Gasteiger partial charge in [-0.15, -0.1) is 0 Å². The third-order valence-corrected chi connectivity index (χ3v) is 6.55. The van der Waals surface area contributed by atoms with Gasteiger partial charge < -0.3 is 19.5 Å². The van der Waals surface area contributed by atoms with E-state index < -0.39 is 47.9 Å². The quantitative estimate of drug-likeness (QED) is 0.289. The average Bonchev–Trinajstić information content (AvgIpc) is 2.87. The van der Waals surface area contributed by atoms with Gasteiger partial charge in [-0.05, 0) is 67.8 Å². The van der Waals surface area contributed by atoms with E-state index in [-0.39, 0.29) is 11.6 Å². The molecule has 2 atom stereocenters.